The first-order chi connectivity index (χ1) is 8.85. The normalized spacial score (nSPS) is 20.2. The van der Waals surface area contributed by atoms with E-state index in [0.717, 1.165) is 0 Å². The molecule has 0 aromatic heterocycles. The Bertz CT molecular complexity index is 408. The Kier molecular flexibility index (Phi) is 4.85. The first-order valence-corrected chi connectivity index (χ1v) is 5.87. The standard InChI is InChI=1S/C11H16N2O6/c1-2-13-5-6(3-8(13)14)10(17)12-7(11(18)19)4-9(15)16/h6-7H,2-5H2,1H3,(H,12,17)(H,15,16)(H,18,19). The molecule has 2 atom stereocenters. The number of carbonyl (C=O) groups excluding carboxylic acids is 2. The second-order valence-electron chi connectivity index (χ2n) is 4.33. The van der Waals surface area contributed by atoms with Crippen LogP contribution in [0, 0.1) is 5.92 Å². The highest BCUT2D eigenvalue weighted by Crippen LogP contribution is 2.17. The molecular weight excluding hydrogens is 256 g/mol. The molecular formula is C11H16N2O6. The van der Waals surface area contributed by atoms with Crippen molar-refractivity contribution in [3.8, 4) is 0 Å². The lowest BCUT2D eigenvalue weighted by atomic mass is 10.1. The van der Waals surface area contributed by atoms with Crippen molar-refractivity contribution >= 4 is 23.8 Å². The van der Waals surface area contributed by atoms with E-state index in [4.69, 9.17) is 10.2 Å². The lowest BCUT2D eigenvalue weighted by molar-refractivity contribution is -0.147. The minimum atomic E-state index is -1.48. The summed E-state index contributed by atoms with van der Waals surface area (Å²) in [5.74, 6) is -4.10. The molecule has 0 aliphatic carbocycles. The Morgan fingerprint density at radius 1 is 1.42 bits per heavy atom. The Morgan fingerprint density at radius 2 is 2.05 bits per heavy atom. The van der Waals surface area contributed by atoms with Crippen LogP contribution in [0.3, 0.4) is 0 Å². The zero-order valence-corrected chi connectivity index (χ0v) is 10.5. The van der Waals surface area contributed by atoms with Crippen molar-refractivity contribution < 1.29 is 29.4 Å². The van der Waals surface area contributed by atoms with Crippen LogP contribution in [-0.4, -0.2) is 58.0 Å². The zero-order valence-electron chi connectivity index (χ0n) is 10.5. The molecule has 1 aliphatic rings. The summed E-state index contributed by atoms with van der Waals surface area (Å²) in [7, 11) is 0. The predicted molar refractivity (Wildman–Crippen MR) is 62.2 cm³/mol. The van der Waals surface area contributed by atoms with Gasteiger partial charge in [-0.25, -0.2) is 4.79 Å². The summed E-state index contributed by atoms with van der Waals surface area (Å²) in [4.78, 5) is 46.1. The predicted octanol–water partition coefficient (Wildman–Crippen LogP) is -1.10. The van der Waals surface area contributed by atoms with E-state index in [1.165, 1.54) is 4.90 Å². The fraction of sp³-hybridized carbons (Fsp3) is 0.636. The van der Waals surface area contributed by atoms with Gasteiger partial charge in [0.25, 0.3) is 0 Å². The number of hydrogen-bond donors (Lipinski definition) is 3. The number of nitrogens with one attached hydrogen (secondary N) is 1. The van der Waals surface area contributed by atoms with Crippen molar-refractivity contribution in [2.45, 2.75) is 25.8 Å². The van der Waals surface area contributed by atoms with Crippen LogP contribution >= 0.6 is 0 Å². The lowest BCUT2D eigenvalue weighted by Gasteiger charge is -2.16. The van der Waals surface area contributed by atoms with Gasteiger partial charge in [-0.2, -0.15) is 0 Å². The third-order valence-electron chi connectivity index (χ3n) is 2.96. The van der Waals surface area contributed by atoms with Crippen molar-refractivity contribution in [2.24, 2.45) is 5.92 Å². The number of carboxylic acid groups (broad SMARTS) is 2. The van der Waals surface area contributed by atoms with Gasteiger partial charge in [0.1, 0.15) is 6.04 Å². The summed E-state index contributed by atoms with van der Waals surface area (Å²) in [6.07, 6.45) is -0.668. The van der Waals surface area contributed by atoms with E-state index < -0.39 is 36.2 Å². The molecule has 1 heterocycles. The maximum atomic E-state index is 11.8. The highest BCUT2D eigenvalue weighted by atomic mass is 16.4. The highest BCUT2D eigenvalue weighted by Gasteiger charge is 2.35. The number of amides is 2. The molecule has 8 nitrogen and oxygen atoms in total. The Hall–Kier alpha value is -2.12. The molecule has 0 spiro atoms. The number of aliphatic carboxylic acids is 2. The number of likely N-dealkylation sites (tertiary alicyclic amines) is 1. The van der Waals surface area contributed by atoms with Gasteiger partial charge in [0.15, 0.2) is 0 Å². The maximum absolute atomic E-state index is 11.8. The van der Waals surface area contributed by atoms with Crippen LogP contribution in [0.25, 0.3) is 0 Å². The van der Waals surface area contributed by atoms with Crippen molar-refractivity contribution in [3.05, 3.63) is 0 Å². The van der Waals surface area contributed by atoms with E-state index in [1.54, 1.807) is 6.92 Å². The molecule has 0 saturated carbocycles. The molecule has 1 fully saturated rings. The van der Waals surface area contributed by atoms with E-state index in [2.05, 4.69) is 5.32 Å². The van der Waals surface area contributed by atoms with Gasteiger partial charge in [0.2, 0.25) is 11.8 Å². The largest absolute Gasteiger partial charge is 0.481 e. The van der Waals surface area contributed by atoms with Crippen molar-refractivity contribution in [1.82, 2.24) is 10.2 Å². The Balaban J connectivity index is 2.61. The first-order valence-electron chi connectivity index (χ1n) is 5.87. The average molecular weight is 272 g/mol. The van der Waals surface area contributed by atoms with Crippen LogP contribution in [0.1, 0.15) is 19.8 Å². The third-order valence-corrected chi connectivity index (χ3v) is 2.96. The van der Waals surface area contributed by atoms with E-state index in [1.807, 2.05) is 0 Å². The van der Waals surface area contributed by atoms with Gasteiger partial charge in [0.05, 0.1) is 12.3 Å². The second kappa shape index (κ2) is 6.17. The molecule has 0 radical (unpaired) electrons. The van der Waals surface area contributed by atoms with Gasteiger partial charge in [-0.15, -0.1) is 0 Å². The molecule has 0 aromatic carbocycles. The van der Waals surface area contributed by atoms with E-state index in [9.17, 15) is 19.2 Å². The van der Waals surface area contributed by atoms with Gasteiger partial charge in [-0.1, -0.05) is 0 Å². The average Bonchev–Trinajstić information content (AvgIpc) is 2.69. The molecule has 1 rings (SSSR count). The summed E-state index contributed by atoms with van der Waals surface area (Å²) >= 11 is 0. The van der Waals surface area contributed by atoms with E-state index in [-0.39, 0.29) is 18.9 Å². The molecule has 19 heavy (non-hydrogen) atoms. The zero-order chi connectivity index (χ0) is 14.6. The van der Waals surface area contributed by atoms with Crippen molar-refractivity contribution in [3.63, 3.8) is 0 Å². The van der Waals surface area contributed by atoms with Gasteiger partial charge in [-0.3, -0.25) is 14.4 Å². The molecule has 1 saturated heterocycles. The molecule has 0 aromatic rings. The minimum Gasteiger partial charge on any atom is -0.481 e. The van der Waals surface area contributed by atoms with Crippen molar-refractivity contribution in [1.29, 1.82) is 0 Å². The first kappa shape index (κ1) is 14.9. The maximum Gasteiger partial charge on any atom is 0.326 e. The van der Waals surface area contributed by atoms with Crippen LogP contribution in [0.15, 0.2) is 0 Å². The molecule has 0 bridgehead atoms. The quantitative estimate of drug-likeness (QED) is 0.563. The second-order valence-corrected chi connectivity index (χ2v) is 4.33. The lowest BCUT2D eigenvalue weighted by Crippen LogP contribution is -2.45. The number of nitrogens with zero attached hydrogens (tertiary/aromatic N) is 1. The highest BCUT2D eigenvalue weighted by molar-refractivity contribution is 5.92. The number of carboxylic acids is 2. The summed E-state index contributed by atoms with van der Waals surface area (Å²) < 4.78 is 0. The van der Waals surface area contributed by atoms with Crippen LogP contribution in [0.4, 0.5) is 0 Å². The van der Waals surface area contributed by atoms with Crippen LogP contribution in [0.2, 0.25) is 0 Å². The molecule has 3 N–H and O–H groups in total. The Morgan fingerprint density at radius 3 is 2.47 bits per heavy atom. The SMILES string of the molecule is CCN1CC(C(=O)NC(CC(=O)O)C(=O)O)CC1=O. The van der Waals surface area contributed by atoms with E-state index in [0.29, 0.717) is 6.54 Å². The topological polar surface area (TPSA) is 124 Å². The monoisotopic (exact) mass is 272 g/mol. The summed E-state index contributed by atoms with van der Waals surface area (Å²) in [6, 6.07) is -1.48. The van der Waals surface area contributed by atoms with Crippen LogP contribution in [0.5, 0.6) is 0 Å². The number of hydrogen-bond acceptors (Lipinski definition) is 4. The minimum absolute atomic E-state index is 0.0269. The molecule has 106 valence electrons. The molecule has 2 amide bonds. The fourth-order valence-corrected chi connectivity index (χ4v) is 1.92. The summed E-state index contributed by atoms with van der Waals surface area (Å²) in [5.41, 5.74) is 0. The van der Waals surface area contributed by atoms with Crippen LogP contribution in [-0.2, 0) is 19.2 Å². The fourth-order valence-electron chi connectivity index (χ4n) is 1.92. The molecule has 8 heteroatoms. The number of rotatable bonds is 6. The molecule has 1 aliphatic heterocycles. The number of carbonyl (C=O) groups is 4. The van der Waals surface area contributed by atoms with Gasteiger partial charge in [0, 0.05) is 19.5 Å². The van der Waals surface area contributed by atoms with Gasteiger partial charge in [-0.05, 0) is 6.92 Å². The smallest absolute Gasteiger partial charge is 0.326 e. The van der Waals surface area contributed by atoms with E-state index >= 15 is 0 Å². The summed E-state index contributed by atoms with van der Waals surface area (Å²) in [5, 5.41) is 19.5. The van der Waals surface area contributed by atoms with Gasteiger partial charge >= 0.3 is 11.9 Å². The third kappa shape index (κ3) is 3.94. The molecule has 2 unspecified atom stereocenters. The van der Waals surface area contributed by atoms with Crippen LogP contribution < -0.4 is 5.32 Å². The van der Waals surface area contributed by atoms with Gasteiger partial charge < -0.3 is 20.4 Å². The summed E-state index contributed by atoms with van der Waals surface area (Å²) in [6.45, 7) is 2.50. The van der Waals surface area contributed by atoms with Crippen molar-refractivity contribution in [2.75, 3.05) is 13.1 Å². The Labute approximate surface area is 109 Å².